The molecule has 1 aromatic heterocycles. The first kappa shape index (κ1) is 22.9. The van der Waals surface area contributed by atoms with Crippen molar-refractivity contribution in [2.45, 2.75) is 31.2 Å². The predicted molar refractivity (Wildman–Crippen MR) is 123 cm³/mol. The maximum atomic E-state index is 13.1. The average molecular weight is 512 g/mol. The Morgan fingerprint density at radius 1 is 1.03 bits per heavy atom. The van der Waals surface area contributed by atoms with Gasteiger partial charge in [-0.2, -0.15) is 4.31 Å². The van der Waals surface area contributed by atoms with Crippen LogP contribution in [0.2, 0.25) is 0 Å². The Kier molecular flexibility index (Phi) is 7.28. The molecule has 2 aromatic carbocycles. The van der Waals surface area contributed by atoms with Crippen molar-refractivity contribution < 1.29 is 12.8 Å². The molecule has 3 aromatic rings. The van der Waals surface area contributed by atoms with Crippen molar-refractivity contribution in [1.29, 1.82) is 0 Å². The van der Waals surface area contributed by atoms with E-state index in [9.17, 15) is 12.8 Å². The zero-order chi connectivity index (χ0) is 20.4. The lowest BCUT2D eigenvalue weighted by atomic mass is 10.2. The van der Waals surface area contributed by atoms with Crippen LogP contribution >= 0.6 is 28.3 Å². The molecule has 0 amide bonds. The van der Waals surface area contributed by atoms with Crippen molar-refractivity contribution in [3.8, 4) is 11.3 Å². The molecule has 4 rings (SSSR count). The molecule has 0 aliphatic carbocycles. The molecule has 160 valence electrons. The van der Waals surface area contributed by atoms with Crippen molar-refractivity contribution in [3.05, 3.63) is 64.5 Å². The van der Waals surface area contributed by atoms with Crippen molar-refractivity contribution in [3.63, 3.8) is 0 Å². The maximum absolute atomic E-state index is 13.1. The molecule has 0 atom stereocenters. The summed E-state index contributed by atoms with van der Waals surface area (Å²) in [5.74, 6) is -0.289. The molecular weight excluding hydrogens is 489 g/mol. The standard InChI is InChI=1S/C21H22FN3O2S2.BrH/c1-2-25-20(15-28-21(25)23-18-9-7-17(22)8-10-18)16-5-11-19(12-6-16)29(26,27)24-13-3-4-14-24;/h5-12,15H,2-4,13-14H2,1H3;1H. The third-order valence-electron chi connectivity index (χ3n) is 5.02. The van der Waals surface area contributed by atoms with E-state index in [1.807, 2.05) is 24.4 Å². The Morgan fingerprint density at radius 3 is 2.27 bits per heavy atom. The van der Waals surface area contributed by atoms with Gasteiger partial charge in [0.25, 0.3) is 0 Å². The molecule has 30 heavy (non-hydrogen) atoms. The Labute approximate surface area is 190 Å². The minimum Gasteiger partial charge on any atom is -0.317 e. The van der Waals surface area contributed by atoms with Gasteiger partial charge in [-0.05, 0) is 61.7 Å². The lowest BCUT2D eigenvalue weighted by Crippen LogP contribution is -2.27. The van der Waals surface area contributed by atoms with E-state index in [1.165, 1.54) is 23.5 Å². The second-order valence-corrected chi connectivity index (χ2v) is 9.65. The fourth-order valence-electron chi connectivity index (χ4n) is 3.46. The first-order chi connectivity index (χ1) is 14.0. The number of halogens is 2. The smallest absolute Gasteiger partial charge is 0.243 e. The second-order valence-electron chi connectivity index (χ2n) is 6.87. The number of benzene rings is 2. The molecule has 0 radical (unpaired) electrons. The fourth-order valence-corrected chi connectivity index (χ4v) is 5.97. The molecule has 0 unspecified atom stereocenters. The van der Waals surface area contributed by atoms with E-state index in [0.29, 0.717) is 30.2 Å². The summed E-state index contributed by atoms with van der Waals surface area (Å²) in [6, 6.07) is 13.1. The van der Waals surface area contributed by atoms with Gasteiger partial charge in [0.15, 0.2) is 4.80 Å². The summed E-state index contributed by atoms with van der Waals surface area (Å²) in [4.78, 5) is 5.76. The third-order valence-corrected chi connectivity index (χ3v) is 7.79. The molecule has 1 aliphatic rings. The summed E-state index contributed by atoms with van der Waals surface area (Å²) < 4.78 is 42.2. The lowest BCUT2D eigenvalue weighted by Gasteiger charge is -2.15. The number of hydrogen-bond acceptors (Lipinski definition) is 4. The van der Waals surface area contributed by atoms with Crippen molar-refractivity contribution in [2.24, 2.45) is 4.99 Å². The van der Waals surface area contributed by atoms with Crippen LogP contribution in [0.15, 0.2) is 63.8 Å². The molecule has 1 saturated heterocycles. The molecule has 2 heterocycles. The highest BCUT2D eigenvalue weighted by molar-refractivity contribution is 8.93. The molecule has 0 N–H and O–H groups in total. The van der Waals surface area contributed by atoms with Crippen LogP contribution in [-0.4, -0.2) is 30.4 Å². The van der Waals surface area contributed by atoms with Crippen LogP contribution in [0.1, 0.15) is 19.8 Å². The van der Waals surface area contributed by atoms with Crippen LogP contribution in [0, 0.1) is 5.82 Å². The van der Waals surface area contributed by atoms with Gasteiger partial charge >= 0.3 is 0 Å². The zero-order valence-electron chi connectivity index (χ0n) is 16.5. The van der Waals surface area contributed by atoms with E-state index in [4.69, 9.17) is 0 Å². The second kappa shape index (κ2) is 9.55. The van der Waals surface area contributed by atoms with Crippen molar-refractivity contribution in [2.75, 3.05) is 13.1 Å². The minimum atomic E-state index is -3.41. The summed E-state index contributed by atoms with van der Waals surface area (Å²) in [5, 5.41) is 2.01. The van der Waals surface area contributed by atoms with E-state index < -0.39 is 10.0 Å². The lowest BCUT2D eigenvalue weighted by molar-refractivity contribution is 0.477. The summed E-state index contributed by atoms with van der Waals surface area (Å²) in [7, 11) is -3.41. The third kappa shape index (κ3) is 4.59. The van der Waals surface area contributed by atoms with Gasteiger partial charge in [0, 0.05) is 25.0 Å². The number of rotatable bonds is 5. The minimum absolute atomic E-state index is 0. The first-order valence-electron chi connectivity index (χ1n) is 9.58. The Balaban J connectivity index is 0.00000256. The zero-order valence-corrected chi connectivity index (χ0v) is 19.8. The monoisotopic (exact) mass is 511 g/mol. The number of nitrogens with zero attached hydrogens (tertiary/aromatic N) is 3. The van der Waals surface area contributed by atoms with Crippen LogP contribution in [0.4, 0.5) is 10.1 Å². The summed E-state index contributed by atoms with van der Waals surface area (Å²) in [5.41, 5.74) is 2.60. The number of sulfonamides is 1. The highest BCUT2D eigenvalue weighted by Crippen LogP contribution is 2.25. The largest absolute Gasteiger partial charge is 0.317 e. The summed E-state index contributed by atoms with van der Waals surface area (Å²) in [6.07, 6.45) is 1.84. The molecule has 0 bridgehead atoms. The maximum Gasteiger partial charge on any atom is 0.243 e. The molecule has 0 spiro atoms. The Hall–Kier alpha value is -1.81. The average Bonchev–Trinajstić information content (AvgIpc) is 3.40. The normalized spacial score (nSPS) is 15.3. The highest BCUT2D eigenvalue weighted by Gasteiger charge is 2.27. The van der Waals surface area contributed by atoms with E-state index in [-0.39, 0.29) is 22.8 Å². The quantitative estimate of drug-likeness (QED) is 0.485. The van der Waals surface area contributed by atoms with Gasteiger partial charge in [0.2, 0.25) is 10.0 Å². The summed E-state index contributed by atoms with van der Waals surface area (Å²) >= 11 is 1.50. The van der Waals surface area contributed by atoms with Gasteiger partial charge in [0.1, 0.15) is 5.82 Å². The van der Waals surface area contributed by atoms with E-state index in [0.717, 1.165) is 28.9 Å². The first-order valence-corrected chi connectivity index (χ1v) is 11.9. The molecule has 0 saturated carbocycles. The van der Waals surface area contributed by atoms with Gasteiger partial charge in [0.05, 0.1) is 16.3 Å². The van der Waals surface area contributed by atoms with Gasteiger partial charge in [-0.15, -0.1) is 28.3 Å². The number of hydrogen-bond donors (Lipinski definition) is 0. The van der Waals surface area contributed by atoms with Crippen molar-refractivity contribution in [1.82, 2.24) is 8.87 Å². The highest BCUT2D eigenvalue weighted by atomic mass is 79.9. The molecule has 5 nitrogen and oxygen atoms in total. The van der Waals surface area contributed by atoms with Gasteiger partial charge in [-0.1, -0.05) is 12.1 Å². The SMILES string of the molecule is Br.CCn1c(-c2ccc(S(=O)(=O)N3CCCC3)cc2)csc1=Nc1ccc(F)cc1. The van der Waals surface area contributed by atoms with Gasteiger partial charge < -0.3 is 4.57 Å². The summed E-state index contributed by atoms with van der Waals surface area (Å²) in [6.45, 7) is 3.94. The van der Waals surface area contributed by atoms with E-state index in [2.05, 4.69) is 9.56 Å². The van der Waals surface area contributed by atoms with Gasteiger partial charge in [-0.25, -0.2) is 17.8 Å². The molecule has 1 fully saturated rings. The molecule has 9 heteroatoms. The number of thiazole rings is 1. The van der Waals surface area contributed by atoms with Crippen molar-refractivity contribution >= 4 is 44.0 Å². The predicted octanol–water partition coefficient (Wildman–Crippen LogP) is 4.97. The fraction of sp³-hybridized carbons (Fsp3) is 0.286. The van der Waals surface area contributed by atoms with E-state index in [1.54, 1.807) is 28.6 Å². The van der Waals surface area contributed by atoms with Crippen LogP contribution in [0.25, 0.3) is 11.3 Å². The van der Waals surface area contributed by atoms with Gasteiger partial charge in [-0.3, -0.25) is 0 Å². The molecular formula is C21H23BrFN3O2S2. The molecule has 1 aliphatic heterocycles. The van der Waals surface area contributed by atoms with Crippen LogP contribution < -0.4 is 4.80 Å². The Morgan fingerprint density at radius 2 is 1.67 bits per heavy atom. The van der Waals surface area contributed by atoms with E-state index >= 15 is 0 Å². The van der Waals surface area contributed by atoms with Crippen LogP contribution in [0.3, 0.4) is 0 Å². The topological polar surface area (TPSA) is 54.7 Å². The Bertz CT molecular complexity index is 1160. The number of aromatic nitrogens is 1. The van der Waals surface area contributed by atoms with Crippen LogP contribution in [0.5, 0.6) is 0 Å². The van der Waals surface area contributed by atoms with Crippen LogP contribution in [-0.2, 0) is 16.6 Å².